The number of thioether (sulfide) groups is 1. The number of amidine groups is 1. The zero-order chi connectivity index (χ0) is 11.7. The van der Waals surface area contributed by atoms with Gasteiger partial charge in [-0.2, -0.15) is 0 Å². The molecule has 0 aliphatic carbocycles. The smallest absolute Gasteiger partial charge is 0.170 e. The van der Waals surface area contributed by atoms with Crippen molar-refractivity contribution in [1.82, 2.24) is 4.90 Å². The number of nitrogens with zero attached hydrogens (tertiary/aromatic N) is 4. The zero-order valence-corrected chi connectivity index (χ0v) is 10.3. The molecule has 1 aromatic carbocycles. The summed E-state index contributed by atoms with van der Waals surface area (Å²) in [5.74, 6) is 0. The van der Waals surface area contributed by atoms with E-state index in [0.29, 0.717) is 0 Å². The van der Waals surface area contributed by atoms with Gasteiger partial charge in [0.2, 0.25) is 0 Å². The van der Waals surface area contributed by atoms with Gasteiger partial charge in [0.05, 0.1) is 17.9 Å². The van der Waals surface area contributed by atoms with Crippen LogP contribution in [0.1, 0.15) is 6.92 Å². The summed E-state index contributed by atoms with van der Waals surface area (Å²) in [6, 6.07) is 9.77. The van der Waals surface area contributed by atoms with Crippen LogP contribution >= 0.6 is 11.8 Å². The van der Waals surface area contributed by atoms with Crippen molar-refractivity contribution in [3.8, 4) is 0 Å². The lowest BCUT2D eigenvalue weighted by Crippen LogP contribution is -2.18. The molecule has 1 aromatic rings. The van der Waals surface area contributed by atoms with Gasteiger partial charge in [0.1, 0.15) is 5.03 Å². The van der Waals surface area contributed by atoms with Gasteiger partial charge in [0.15, 0.2) is 5.17 Å². The fourth-order valence-electron chi connectivity index (χ4n) is 1.79. The van der Waals surface area contributed by atoms with Gasteiger partial charge < -0.3 is 4.90 Å². The van der Waals surface area contributed by atoms with Crippen LogP contribution in [0.4, 0.5) is 5.69 Å². The molecule has 0 fully saturated rings. The van der Waals surface area contributed by atoms with E-state index in [0.717, 1.165) is 34.7 Å². The topological polar surface area (TPSA) is 40.3 Å². The van der Waals surface area contributed by atoms with E-state index in [4.69, 9.17) is 0 Å². The Morgan fingerprint density at radius 1 is 1.24 bits per heavy atom. The lowest BCUT2D eigenvalue weighted by molar-refractivity contribution is 0.571. The van der Waals surface area contributed by atoms with Crippen molar-refractivity contribution in [3.63, 3.8) is 0 Å². The number of benzene rings is 1. The van der Waals surface area contributed by atoms with Gasteiger partial charge in [-0.3, -0.25) is 4.99 Å². The summed E-state index contributed by atoms with van der Waals surface area (Å²) >= 11 is 1.60. The molecule has 86 valence electrons. The normalized spacial score (nSPS) is 19.1. The maximum Gasteiger partial charge on any atom is 0.170 e. The average Bonchev–Trinajstić information content (AvgIpc) is 2.92. The first kappa shape index (κ1) is 10.5. The van der Waals surface area contributed by atoms with E-state index >= 15 is 0 Å². The molecule has 3 rings (SSSR count). The molecule has 0 radical (unpaired) electrons. The molecule has 2 heterocycles. The minimum atomic E-state index is 0.877. The lowest BCUT2D eigenvalue weighted by Gasteiger charge is -2.10. The highest BCUT2D eigenvalue weighted by molar-refractivity contribution is 8.17. The summed E-state index contributed by atoms with van der Waals surface area (Å²) in [5.41, 5.74) is 2.04. The zero-order valence-electron chi connectivity index (χ0n) is 9.50. The SMILES string of the molecule is CC1=C(N=Nc2ccccc2)SC2=NCCN21. The molecule has 4 nitrogen and oxygen atoms in total. The van der Waals surface area contributed by atoms with Crippen LogP contribution in [0.15, 0.2) is 56.3 Å². The molecule has 0 spiro atoms. The van der Waals surface area contributed by atoms with Crippen molar-refractivity contribution in [2.75, 3.05) is 13.1 Å². The molecule has 0 saturated heterocycles. The number of rotatable bonds is 2. The molecule has 0 saturated carbocycles. The van der Waals surface area contributed by atoms with Crippen LogP contribution in [-0.4, -0.2) is 23.2 Å². The van der Waals surface area contributed by atoms with Crippen molar-refractivity contribution in [2.45, 2.75) is 6.92 Å². The van der Waals surface area contributed by atoms with E-state index in [1.54, 1.807) is 11.8 Å². The molecule has 0 amide bonds. The lowest BCUT2D eigenvalue weighted by atomic mass is 10.3. The van der Waals surface area contributed by atoms with Gasteiger partial charge in [0.25, 0.3) is 0 Å². The maximum atomic E-state index is 4.42. The van der Waals surface area contributed by atoms with Crippen LogP contribution in [0.3, 0.4) is 0 Å². The second kappa shape index (κ2) is 4.33. The van der Waals surface area contributed by atoms with Crippen LogP contribution in [0.2, 0.25) is 0 Å². The van der Waals surface area contributed by atoms with E-state index in [1.807, 2.05) is 30.3 Å². The summed E-state index contributed by atoms with van der Waals surface area (Å²) in [7, 11) is 0. The number of aliphatic imine (C=N–C) groups is 1. The van der Waals surface area contributed by atoms with Crippen molar-refractivity contribution in [1.29, 1.82) is 0 Å². The largest absolute Gasteiger partial charge is 0.320 e. The average molecular weight is 244 g/mol. The third-order valence-corrected chi connectivity index (χ3v) is 3.82. The summed E-state index contributed by atoms with van der Waals surface area (Å²) in [6.07, 6.45) is 0. The summed E-state index contributed by atoms with van der Waals surface area (Å²) < 4.78 is 0. The van der Waals surface area contributed by atoms with Crippen molar-refractivity contribution in [2.24, 2.45) is 15.2 Å². The summed E-state index contributed by atoms with van der Waals surface area (Å²) in [4.78, 5) is 6.61. The van der Waals surface area contributed by atoms with Crippen molar-refractivity contribution in [3.05, 3.63) is 41.1 Å². The van der Waals surface area contributed by atoms with Crippen molar-refractivity contribution < 1.29 is 0 Å². The highest BCUT2D eigenvalue weighted by Gasteiger charge is 2.29. The first-order valence-corrected chi connectivity index (χ1v) is 6.34. The Bertz CT molecular complexity index is 519. The highest BCUT2D eigenvalue weighted by Crippen LogP contribution is 2.37. The van der Waals surface area contributed by atoms with E-state index in [-0.39, 0.29) is 0 Å². The fraction of sp³-hybridized carbons (Fsp3) is 0.250. The molecule has 2 aliphatic heterocycles. The van der Waals surface area contributed by atoms with Gasteiger partial charge in [-0.1, -0.05) is 18.2 Å². The fourth-order valence-corrected chi connectivity index (χ4v) is 2.80. The van der Waals surface area contributed by atoms with Crippen molar-refractivity contribution >= 4 is 22.6 Å². The third kappa shape index (κ3) is 1.98. The highest BCUT2D eigenvalue weighted by atomic mass is 32.2. The minimum Gasteiger partial charge on any atom is -0.320 e. The summed E-state index contributed by atoms with van der Waals surface area (Å²) in [6.45, 7) is 3.93. The van der Waals surface area contributed by atoms with Gasteiger partial charge in [0, 0.05) is 6.54 Å². The number of azo groups is 1. The Hall–Kier alpha value is -1.62. The molecular formula is C12H12N4S. The van der Waals surface area contributed by atoms with Crippen LogP contribution in [0, 0.1) is 0 Å². The molecule has 0 N–H and O–H groups in total. The Morgan fingerprint density at radius 3 is 2.82 bits per heavy atom. The predicted molar refractivity (Wildman–Crippen MR) is 70.3 cm³/mol. The second-order valence-corrected chi connectivity index (χ2v) is 4.80. The Morgan fingerprint density at radius 2 is 2.06 bits per heavy atom. The Kier molecular flexibility index (Phi) is 2.68. The van der Waals surface area contributed by atoms with Crippen LogP contribution in [0.25, 0.3) is 0 Å². The summed E-state index contributed by atoms with van der Waals surface area (Å²) in [5, 5.41) is 10.5. The van der Waals surface area contributed by atoms with Gasteiger partial charge in [-0.05, 0) is 30.8 Å². The number of allylic oxidation sites excluding steroid dienone is 1. The molecule has 0 unspecified atom stereocenters. The molecular weight excluding hydrogens is 232 g/mol. The molecule has 17 heavy (non-hydrogen) atoms. The first-order chi connectivity index (χ1) is 8.34. The van der Waals surface area contributed by atoms with Crippen LogP contribution in [-0.2, 0) is 0 Å². The predicted octanol–water partition coefficient (Wildman–Crippen LogP) is 3.38. The second-order valence-electron chi connectivity index (χ2n) is 3.84. The molecule has 5 heteroatoms. The Labute approximate surface area is 104 Å². The van der Waals surface area contributed by atoms with Crippen LogP contribution < -0.4 is 0 Å². The number of hydrogen-bond donors (Lipinski definition) is 0. The van der Waals surface area contributed by atoms with E-state index < -0.39 is 0 Å². The maximum absolute atomic E-state index is 4.42. The molecule has 2 aliphatic rings. The molecule has 0 atom stereocenters. The van der Waals surface area contributed by atoms with E-state index in [9.17, 15) is 0 Å². The first-order valence-electron chi connectivity index (χ1n) is 5.52. The monoisotopic (exact) mass is 244 g/mol. The minimum absolute atomic E-state index is 0.877. The number of fused-ring (bicyclic) bond motifs is 1. The molecule has 0 bridgehead atoms. The standard InChI is InChI=1S/C12H12N4S/c1-9-11(17-12-13-7-8-16(9)12)15-14-10-5-3-2-4-6-10/h2-6H,7-8H2,1H3. The quantitative estimate of drug-likeness (QED) is 0.748. The number of hydrogen-bond acceptors (Lipinski definition) is 5. The van der Waals surface area contributed by atoms with E-state index in [1.165, 1.54) is 0 Å². The van der Waals surface area contributed by atoms with Gasteiger partial charge in [-0.25, -0.2) is 0 Å². The molecule has 0 aromatic heterocycles. The third-order valence-electron chi connectivity index (χ3n) is 2.72. The Balaban J connectivity index is 1.81. The van der Waals surface area contributed by atoms with E-state index in [2.05, 4.69) is 27.0 Å². The van der Waals surface area contributed by atoms with Crippen LogP contribution in [0.5, 0.6) is 0 Å². The van der Waals surface area contributed by atoms with Gasteiger partial charge in [-0.15, -0.1) is 10.2 Å². The van der Waals surface area contributed by atoms with Gasteiger partial charge >= 0.3 is 0 Å².